The Kier molecular flexibility index (Phi) is 6.54. The number of amides is 1. The van der Waals surface area contributed by atoms with Crippen LogP contribution in [0.4, 0.5) is 14.5 Å². The molecule has 0 saturated heterocycles. The van der Waals surface area contributed by atoms with E-state index in [4.69, 9.17) is 0 Å². The summed E-state index contributed by atoms with van der Waals surface area (Å²) in [6.07, 6.45) is 3.43. The lowest BCUT2D eigenvalue weighted by atomic mass is 9.78. The average molecular weight is 340 g/mol. The monoisotopic (exact) mass is 340 g/mol. The zero-order valence-corrected chi connectivity index (χ0v) is 14.4. The molecular weight excluding hydrogens is 314 g/mol. The molecule has 1 saturated carbocycles. The Morgan fingerprint density at radius 3 is 2.67 bits per heavy atom. The van der Waals surface area contributed by atoms with Gasteiger partial charge in [0, 0.05) is 6.04 Å². The van der Waals surface area contributed by atoms with Gasteiger partial charge in [-0.2, -0.15) is 8.78 Å². The standard InChI is InChI=1S/C18H26F2N2O2/c1-11-7-6-9-14(12(11)2)21-13(3)17(23)22-15-8-4-5-10-16(15)24-18(19)20/h4-5,8,10-14,18,21H,6-7,9H2,1-3H3,(H,22,23). The fraction of sp³-hybridized carbons (Fsp3) is 0.611. The Morgan fingerprint density at radius 1 is 1.25 bits per heavy atom. The highest BCUT2D eigenvalue weighted by molar-refractivity contribution is 5.95. The lowest BCUT2D eigenvalue weighted by molar-refractivity contribution is -0.118. The predicted octanol–water partition coefficient (Wildman–Crippen LogP) is 4.03. The van der Waals surface area contributed by atoms with E-state index < -0.39 is 12.7 Å². The summed E-state index contributed by atoms with van der Waals surface area (Å²) in [4.78, 5) is 12.4. The number of carbonyl (C=O) groups is 1. The minimum absolute atomic E-state index is 0.0345. The second kappa shape index (κ2) is 8.42. The van der Waals surface area contributed by atoms with Gasteiger partial charge in [0.1, 0.15) is 5.75 Å². The summed E-state index contributed by atoms with van der Waals surface area (Å²) in [6.45, 7) is 3.31. The van der Waals surface area contributed by atoms with Crippen LogP contribution in [-0.2, 0) is 4.79 Å². The third kappa shape index (κ3) is 4.90. The Balaban J connectivity index is 1.97. The molecule has 6 heteroatoms. The predicted molar refractivity (Wildman–Crippen MR) is 90.3 cm³/mol. The van der Waals surface area contributed by atoms with Crippen molar-refractivity contribution >= 4 is 11.6 Å². The summed E-state index contributed by atoms with van der Waals surface area (Å²) in [7, 11) is 0. The first-order valence-corrected chi connectivity index (χ1v) is 8.49. The number of para-hydroxylation sites is 2. The number of alkyl halides is 2. The third-order valence-electron chi connectivity index (χ3n) is 4.93. The van der Waals surface area contributed by atoms with Crippen LogP contribution >= 0.6 is 0 Å². The topological polar surface area (TPSA) is 50.4 Å². The summed E-state index contributed by atoms with van der Waals surface area (Å²) in [6, 6.07) is 6.08. The number of rotatable bonds is 6. The van der Waals surface area contributed by atoms with Gasteiger partial charge in [0.2, 0.25) is 5.91 Å². The molecule has 2 N–H and O–H groups in total. The highest BCUT2D eigenvalue weighted by Gasteiger charge is 2.29. The Morgan fingerprint density at radius 2 is 1.96 bits per heavy atom. The zero-order valence-electron chi connectivity index (χ0n) is 14.4. The van der Waals surface area contributed by atoms with Gasteiger partial charge in [0.15, 0.2) is 0 Å². The third-order valence-corrected chi connectivity index (χ3v) is 4.93. The molecule has 1 fully saturated rings. The molecule has 134 valence electrons. The van der Waals surface area contributed by atoms with Crippen LogP contribution in [0.5, 0.6) is 5.75 Å². The van der Waals surface area contributed by atoms with Crippen molar-refractivity contribution in [3.8, 4) is 5.75 Å². The van der Waals surface area contributed by atoms with Crippen LogP contribution in [0.2, 0.25) is 0 Å². The van der Waals surface area contributed by atoms with Crippen LogP contribution in [-0.4, -0.2) is 24.6 Å². The molecule has 2 rings (SSSR count). The maximum atomic E-state index is 12.4. The van der Waals surface area contributed by atoms with Crippen LogP contribution in [0, 0.1) is 11.8 Å². The molecule has 0 aliphatic heterocycles. The van der Waals surface area contributed by atoms with E-state index >= 15 is 0 Å². The SMILES string of the molecule is CC(NC1CCCC(C)C1C)C(=O)Nc1ccccc1OC(F)F. The van der Waals surface area contributed by atoms with Crippen molar-refractivity contribution < 1.29 is 18.3 Å². The zero-order chi connectivity index (χ0) is 17.7. The van der Waals surface area contributed by atoms with Gasteiger partial charge in [-0.05, 0) is 37.3 Å². The van der Waals surface area contributed by atoms with Gasteiger partial charge >= 0.3 is 6.61 Å². The molecule has 4 atom stereocenters. The second-order valence-corrected chi connectivity index (χ2v) is 6.63. The van der Waals surface area contributed by atoms with Crippen molar-refractivity contribution in [2.45, 2.75) is 58.7 Å². The Labute approximate surface area is 142 Å². The summed E-state index contributed by atoms with van der Waals surface area (Å²) < 4.78 is 29.3. The van der Waals surface area contributed by atoms with Crippen molar-refractivity contribution in [3.05, 3.63) is 24.3 Å². The molecule has 1 aliphatic carbocycles. The number of hydrogen-bond acceptors (Lipinski definition) is 3. The minimum Gasteiger partial charge on any atom is -0.433 e. The highest BCUT2D eigenvalue weighted by atomic mass is 19.3. The van der Waals surface area contributed by atoms with Crippen molar-refractivity contribution in [1.29, 1.82) is 0 Å². The number of carbonyl (C=O) groups excluding carboxylic acids is 1. The van der Waals surface area contributed by atoms with Crippen molar-refractivity contribution in [2.75, 3.05) is 5.32 Å². The van der Waals surface area contributed by atoms with Crippen LogP contribution in [0.15, 0.2) is 24.3 Å². The largest absolute Gasteiger partial charge is 0.433 e. The van der Waals surface area contributed by atoms with Crippen molar-refractivity contribution in [1.82, 2.24) is 5.32 Å². The van der Waals surface area contributed by atoms with E-state index in [9.17, 15) is 13.6 Å². The summed E-state index contributed by atoms with van der Waals surface area (Å²) >= 11 is 0. The molecule has 0 spiro atoms. The van der Waals surface area contributed by atoms with E-state index in [1.54, 1.807) is 25.1 Å². The van der Waals surface area contributed by atoms with E-state index in [1.807, 2.05) is 0 Å². The molecule has 4 unspecified atom stereocenters. The quantitative estimate of drug-likeness (QED) is 0.822. The molecule has 1 aromatic carbocycles. The average Bonchev–Trinajstić information content (AvgIpc) is 2.53. The van der Waals surface area contributed by atoms with Crippen molar-refractivity contribution in [3.63, 3.8) is 0 Å². The van der Waals surface area contributed by atoms with Gasteiger partial charge < -0.3 is 15.4 Å². The molecule has 1 aliphatic rings. The number of halogens is 2. The Hall–Kier alpha value is -1.69. The maximum absolute atomic E-state index is 12.4. The first-order valence-electron chi connectivity index (χ1n) is 8.49. The first kappa shape index (κ1) is 18.6. The van der Waals surface area contributed by atoms with Gasteiger partial charge in [-0.15, -0.1) is 0 Å². The molecule has 1 aromatic rings. The van der Waals surface area contributed by atoms with Crippen LogP contribution < -0.4 is 15.4 Å². The van der Waals surface area contributed by atoms with E-state index in [0.29, 0.717) is 17.9 Å². The fourth-order valence-corrected chi connectivity index (χ4v) is 3.22. The molecule has 4 nitrogen and oxygen atoms in total. The molecule has 0 bridgehead atoms. The lowest BCUT2D eigenvalue weighted by Crippen LogP contribution is -2.49. The van der Waals surface area contributed by atoms with E-state index in [0.717, 1.165) is 12.8 Å². The number of nitrogens with one attached hydrogen (secondary N) is 2. The Bertz CT molecular complexity index is 554. The van der Waals surface area contributed by atoms with Crippen LogP contribution in [0.25, 0.3) is 0 Å². The summed E-state index contributed by atoms with van der Waals surface area (Å²) in [5.41, 5.74) is 0.251. The van der Waals surface area contributed by atoms with Gasteiger partial charge in [-0.1, -0.05) is 38.8 Å². The number of anilines is 1. The van der Waals surface area contributed by atoms with Gasteiger partial charge in [-0.25, -0.2) is 0 Å². The normalized spacial score (nSPS) is 25.3. The van der Waals surface area contributed by atoms with Gasteiger partial charge in [0.25, 0.3) is 0 Å². The van der Waals surface area contributed by atoms with Gasteiger partial charge in [0.05, 0.1) is 11.7 Å². The van der Waals surface area contributed by atoms with E-state index in [2.05, 4.69) is 29.2 Å². The first-order chi connectivity index (χ1) is 11.4. The molecule has 0 aromatic heterocycles. The molecular formula is C18H26F2N2O2. The molecule has 1 amide bonds. The molecule has 0 heterocycles. The summed E-state index contributed by atoms with van der Waals surface area (Å²) in [5.74, 6) is 0.841. The van der Waals surface area contributed by atoms with Gasteiger partial charge in [-0.3, -0.25) is 4.79 Å². The number of benzene rings is 1. The van der Waals surface area contributed by atoms with Crippen molar-refractivity contribution in [2.24, 2.45) is 11.8 Å². The smallest absolute Gasteiger partial charge is 0.387 e. The number of ether oxygens (including phenoxy) is 1. The summed E-state index contributed by atoms with van der Waals surface area (Å²) in [5, 5.41) is 6.05. The fourth-order valence-electron chi connectivity index (χ4n) is 3.22. The maximum Gasteiger partial charge on any atom is 0.387 e. The highest BCUT2D eigenvalue weighted by Crippen LogP contribution is 2.30. The molecule has 0 radical (unpaired) electrons. The minimum atomic E-state index is -2.93. The van der Waals surface area contributed by atoms with Crippen LogP contribution in [0.1, 0.15) is 40.0 Å². The van der Waals surface area contributed by atoms with Crippen LogP contribution in [0.3, 0.4) is 0 Å². The van der Waals surface area contributed by atoms with E-state index in [1.165, 1.54) is 12.5 Å². The van der Waals surface area contributed by atoms with E-state index in [-0.39, 0.29) is 17.3 Å². The number of hydrogen-bond donors (Lipinski definition) is 2. The molecule has 24 heavy (non-hydrogen) atoms. The lowest BCUT2D eigenvalue weighted by Gasteiger charge is -2.36. The second-order valence-electron chi connectivity index (χ2n) is 6.63.